The van der Waals surface area contributed by atoms with Crippen LogP contribution in [0.1, 0.15) is 5.56 Å². The van der Waals surface area contributed by atoms with E-state index >= 15 is 0 Å². The Labute approximate surface area is 130 Å². The molecule has 1 saturated heterocycles. The monoisotopic (exact) mass is 320 g/mol. The Morgan fingerprint density at radius 3 is 2.32 bits per heavy atom. The number of thiocarbonyl (C=S) groups is 1. The van der Waals surface area contributed by atoms with E-state index < -0.39 is 16.7 Å². The molecule has 0 atom stereocenters. The normalized spacial score (nSPS) is 14.3. The Morgan fingerprint density at radius 1 is 1.23 bits per heavy atom. The van der Waals surface area contributed by atoms with Gasteiger partial charge in [-0.3, -0.25) is 30.3 Å². The summed E-state index contributed by atoms with van der Waals surface area (Å²) in [4.78, 5) is 35.7. The van der Waals surface area contributed by atoms with Crippen molar-refractivity contribution in [3.8, 4) is 0 Å². The first-order valence-electron chi connectivity index (χ1n) is 6.13. The lowest BCUT2D eigenvalue weighted by Crippen LogP contribution is -2.51. The second kappa shape index (κ2) is 5.90. The maximum Gasteiger partial charge on any atom is 0.293 e. The zero-order chi connectivity index (χ0) is 16.4. The number of amides is 2. The fraction of sp³-hybridized carbons (Fsp3) is 0.154. The van der Waals surface area contributed by atoms with Crippen molar-refractivity contribution in [2.24, 2.45) is 0 Å². The van der Waals surface area contributed by atoms with Gasteiger partial charge < -0.3 is 4.90 Å². The summed E-state index contributed by atoms with van der Waals surface area (Å²) in [7, 11) is 3.37. The van der Waals surface area contributed by atoms with Crippen molar-refractivity contribution in [1.82, 2.24) is 10.6 Å². The lowest BCUT2D eigenvalue weighted by atomic mass is 10.1. The number of nitrogens with zero attached hydrogens (tertiary/aromatic N) is 2. The maximum atomic E-state index is 11.7. The Morgan fingerprint density at radius 2 is 1.82 bits per heavy atom. The minimum Gasteiger partial charge on any atom is -0.372 e. The van der Waals surface area contributed by atoms with Crippen molar-refractivity contribution in [3.05, 3.63) is 39.4 Å². The Bertz CT molecular complexity index is 705. The summed E-state index contributed by atoms with van der Waals surface area (Å²) in [6, 6.07) is 4.44. The minimum atomic E-state index is -0.645. The highest BCUT2D eigenvalue weighted by molar-refractivity contribution is 7.80. The molecule has 8 nitrogen and oxygen atoms in total. The average Bonchev–Trinajstić information content (AvgIpc) is 2.42. The molecule has 1 heterocycles. The second-order valence-electron chi connectivity index (χ2n) is 4.70. The van der Waals surface area contributed by atoms with Crippen molar-refractivity contribution in [2.45, 2.75) is 0 Å². The van der Waals surface area contributed by atoms with E-state index in [2.05, 4.69) is 10.6 Å². The molecule has 1 fully saturated rings. The third kappa shape index (κ3) is 3.09. The minimum absolute atomic E-state index is 0.0684. The smallest absolute Gasteiger partial charge is 0.293 e. The number of carbonyl (C=O) groups is 2. The fourth-order valence-electron chi connectivity index (χ4n) is 1.93. The number of hydrogen-bond donors (Lipinski definition) is 2. The molecule has 2 N–H and O–H groups in total. The van der Waals surface area contributed by atoms with Gasteiger partial charge in [-0.2, -0.15) is 0 Å². The molecule has 1 aliphatic heterocycles. The number of nitro groups is 1. The summed E-state index contributed by atoms with van der Waals surface area (Å²) >= 11 is 4.69. The molecule has 0 bridgehead atoms. The lowest BCUT2D eigenvalue weighted by molar-refractivity contribution is -0.384. The predicted molar refractivity (Wildman–Crippen MR) is 84.3 cm³/mol. The van der Waals surface area contributed by atoms with Crippen LogP contribution in [0.2, 0.25) is 0 Å². The first-order valence-corrected chi connectivity index (χ1v) is 6.54. The van der Waals surface area contributed by atoms with Gasteiger partial charge in [0.25, 0.3) is 17.5 Å². The van der Waals surface area contributed by atoms with Gasteiger partial charge in [-0.05, 0) is 29.9 Å². The number of nitro benzene ring substituents is 1. The van der Waals surface area contributed by atoms with Crippen LogP contribution in [0.5, 0.6) is 0 Å². The summed E-state index contributed by atoms with van der Waals surface area (Å²) in [6.45, 7) is 0. The third-order valence-corrected chi connectivity index (χ3v) is 3.14. The van der Waals surface area contributed by atoms with E-state index in [1.807, 2.05) is 0 Å². The molecule has 9 heteroatoms. The highest BCUT2D eigenvalue weighted by atomic mass is 32.1. The maximum absolute atomic E-state index is 11.7. The van der Waals surface area contributed by atoms with Crippen LogP contribution in [0.15, 0.2) is 23.8 Å². The molecule has 2 amide bonds. The van der Waals surface area contributed by atoms with Crippen molar-refractivity contribution in [2.75, 3.05) is 19.0 Å². The Kier molecular flexibility index (Phi) is 4.18. The SMILES string of the molecule is CN(C)c1ccc(C=C2C(=O)NC(=S)NC2=O)cc1[N+](=O)[O-]. The zero-order valence-corrected chi connectivity index (χ0v) is 12.6. The van der Waals surface area contributed by atoms with Crippen molar-refractivity contribution in [1.29, 1.82) is 0 Å². The van der Waals surface area contributed by atoms with Gasteiger partial charge in [0.15, 0.2) is 5.11 Å². The van der Waals surface area contributed by atoms with Crippen molar-refractivity contribution >= 4 is 46.6 Å². The first kappa shape index (κ1) is 15.6. The highest BCUT2D eigenvalue weighted by Crippen LogP contribution is 2.28. The summed E-state index contributed by atoms with van der Waals surface area (Å²) in [5.74, 6) is -1.29. The summed E-state index contributed by atoms with van der Waals surface area (Å²) in [6.07, 6.45) is 1.28. The van der Waals surface area contributed by atoms with Crippen molar-refractivity contribution in [3.63, 3.8) is 0 Å². The van der Waals surface area contributed by atoms with Crippen LogP contribution in [0, 0.1) is 10.1 Å². The predicted octanol–water partition coefficient (Wildman–Crippen LogP) is 0.575. The molecule has 1 aromatic rings. The number of benzene rings is 1. The van der Waals surface area contributed by atoms with E-state index in [0.29, 0.717) is 11.3 Å². The molecule has 0 spiro atoms. The number of carbonyl (C=O) groups excluding carboxylic acids is 2. The third-order valence-electron chi connectivity index (χ3n) is 2.93. The van der Waals surface area contributed by atoms with Crippen LogP contribution in [-0.2, 0) is 9.59 Å². The van der Waals surface area contributed by atoms with Crippen LogP contribution < -0.4 is 15.5 Å². The largest absolute Gasteiger partial charge is 0.372 e. The first-order chi connectivity index (χ1) is 10.3. The van der Waals surface area contributed by atoms with E-state index in [9.17, 15) is 19.7 Å². The van der Waals surface area contributed by atoms with Gasteiger partial charge in [0.2, 0.25) is 0 Å². The molecule has 114 valence electrons. The molecule has 22 heavy (non-hydrogen) atoms. The van der Waals surface area contributed by atoms with Crippen LogP contribution in [0.4, 0.5) is 11.4 Å². The highest BCUT2D eigenvalue weighted by Gasteiger charge is 2.26. The molecule has 0 unspecified atom stereocenters. The van der Waals surface area contributed by atoms with Gasteiger partial charge in [0, 0.05) is 20.2 Å². The van der Waals surface area contributed by atoms with Crippen LogP contribution in [0.25, 0.3) is 6.08 Å². The van der Waals surface area contributed by atoms with Gasteiger partial charge >= 0.3 is 0 Å². The van der Waals surface area contributed by atoms with Gasteiger partial charge in [0.05, 0.1) is 4.92 Å². The number of hydrogen-bond acceptors (Lipinski definition) is 6. The summed E-state index contributed by atoms with van der Waals surface area (Å²) < 4.78 is 0. The molecule has 2 rings (SSSR count). The molecule has 0 saturated carbocycles. The zero-order valence-electron chi connectivity index (χ0n) is 11.7. The molecule has 1 aromatic carbocycles. The molecular formula is C13H12N4O4S. The summed E-state index contributed by atoms with van der Waals surface area (Å²) in [5, 5.41) is 15.7. The molecule has 0 aliphatic carbocycles. The molecule has 1 aliphatic rings. The van der Waals surface area contributed by atoms with Gasteiger partial charge in [-0.1, -0.05) is 6.07 Å². The summed E-state index contributed by atoms with van der Waals surface area (Å²) in [5.41, 5.74) is 0.503. The Balaban J connectivity index is 2.45. The van der Waals surface area contributed by atoms with Gasteiger partial charge in [0.1, 0.15) is 11.3 Å². The number of nitrogens with one attached hydrogen (secondary N) is 2. The second-order valence-corrected chi connectivity index (χ2v) is 5.10. The van der Waals surface area contributed by atoms with E-state index in [1.165, 1.54) is 12.1 Å². The lowest BCUT2D eigenvalue weighted by Gasteiger charge is -2.16. The average molecular weight is 320 g/mol. The Hall–Kier alpha value is -2.81. The number of rotatable bonds is 3. The quantitative estimate of drug-likeness (QED) is 0.277. The van der Waals surface area contributed by atoms with E-state index in [0.717, 1.165) is 0 Å². The van der Waals surface area contributed by atoms with Crippen LogP contribution >= 0.6 is 12.2 Å². The van der Waals surface area contributed by atoms with Crippen LogP contribution in [-0.4, -0.2) is 35.9 Å². The molecule has 0 radical (unpaired) electrons. The van der Waals surface area contributed by atoms with E-state index in [-0.39, 0.29) is 16.4 Å². The van der Waals surface area contributed by atoms with Gasteiger partial charge in [-0.15, -0.1) is 0 Å². The van der Waals surface area contributed by atoms with E-state index in [1.54, 1.807) is 31.1 Å². The standard InChI is InChI=1S/C13H12N4O4S/c1-16(2)9-4-3-7(6-10(9)17(20)21)5-8-11(18)14-13(22)15-12(8)19/h3-6H,1-2H3,(H2,14,15,18,19,22). The number of anilines is 1. The van der Waals surface area contributed by atoms with Crippen LogP contribution in [0.3, 0.4) is 0 Å². The molecular weight excluding hydrogens is 308 g/mol. The molecule has 0 aromatic heterocycles. The topological polar surface area (TPSA) is 105 Å². The fourth-order valence-corrected chi connectivity index (χ4v) is 2.11. The van der Waals surface area contributed by atoms with Crippen molar-refractivity contribution < 1.29 is 14.5 Å². The van der Waals surface area contributed by atoms with Gasteiger partial charge in [-0.25, -0.2) is 0 Å². The van der Waals surface area contributed by atoms with E-state index in [4.69, 9.17) is 12.2 Å².